The lowest BCUT2D eigenvalue weighted by Crippen LogP contribution is -2.38. The summed E-state index contributed by atoms with van der Waals surface area (Å²) in [6, 6.07) is 13.5. The Hall–Kier alpha value is -4.16. The van der Waals surface area contributed by atoms with E-state index in [0.29, 0.717) is 31.3 Å². The van der Waals surface area contributed by atoms with Crippen LogP contribution in [0.3, 0.4) is 0 Å². The molecule has 1 fully saturated rings. The number of nitro groups is 1. The van der Waals surface area contributed by atoms with E-state index in [2.05, 4.69) is 14.6 Å². The maximum Gasteiger partial charge on any atom is 0.573 e. The van der Waals surface area contributed by atoms with Gasteiger partial charge in [-0.25, -0.2) is 0 Å². The van der Waals surface area contributed by atoms with Gasteiger partial charge in [-0.05, 0) is 53.5 Å². The summed E-state index contributed by atoms with van der Waals surface area (Å²) < 4.78 is 59.8. The summed E-state index contributed by atoms with van der Waals surface area (Å²) in [6.07, 6.45) is -1.83. The quantitative estimate of drug-likeness (QED) is 0.299. The fourth-order valence-electron chi connectivity index (χ4n) is 4.46. The minimum atomic E-state index is -4.72. The average molecular weight is 534 g/mol. The van der Waals surface area contributed by atoms with Crippen LogP contribution < -0.4 is 23.8 Å². The molecular weight excluding hydrogens is 509 g/mol. The van der Waals surface area contributed by atoms with Crippen molar-refractivity contribution in [1.82, 2.24) is 9.55 Å². The number of ether oxygens (including phenoxy) is 4. The lowest BCUT2D eigenvalue weighted by molar-refractivity contribution is -0.389. The predicted octanol–water partition coefficient (Wildman–Crippen LogP) is 4.83. The molecule has 0 bridgehead atoms. The fraction of sp³-hybridized carbons (Fsp3) is 0.400. The number of alkyl halides is 3. The standard InChI is InChI=1S/C25H25F3N4O6/c26-25(27,28)38-22-7-5-20(6-8-22)37-21-9-11-30(12-10-21)18-1-3-19(4-2-18)35-15-17-13-31-14-23(32(33)34)29-24(31)36-16-17/h1-8,14,17,21H,9-13,15-16H2. The summed E-state index contributed by atoms with van der Waals surface area (Å²) in [6.45, 7) is 2.85. The van der Waals surface area contributed by atoms with Gasteiger partial charge in [0.1, 0.15) is 36.2 Å². The zero-order valence-corrected chi connectivity index (χ0v) is 20.2. The Morgan fingerprint density at radius 3 is 2.34 bits per heavy atom. The summed E-state index contributed by atoms with van der Waals surface area (Å²) in [5, 5.41) is 10.9. The zero-order valence-electron chi connectivity index (χ0n) is 20.2. The number of rotatable bonds is 8. The smallest absolute Gasteiger partial charge is 0.493 e. The highest BCUT2D eigenvalue weighted by molar-refractivity contribution is 5.49. The molecule has 2 aromatic carbocycles. The van der Waals surface area contributed by atoms with Gasteiger partial charge in [-0.1, -0.05) is 0 Å². The lowest BCUT2D eigenvalue weighted by Gasteiger charge is -2.33. The van der Waals surface area contributed by atoms with E-state index in [-0.39, 0.29) is 29.6 Å². The molecule has 1 unspecified atom stereocenters. The van der Waals surface area contributed by atoms with Crippen LogP contribution in [0.1, 0.15) is 12.8 Å². The SMILES string of the molecule is O=[N+]([O-])c1cn2c(n1)OCC(COc1ccc(N3CCC(Oc4ccc(OC(F)(F)F)cc4)CC3)cc1)C2. The number of hydrogen-bond acceptors (Lipinski definition) is 8. The summed E-state index contributed by atoms with van der Waals surface area (Å²) >= 11 is 0. The second-order valence-corrected chi connectivity index (χ2v) is 9.10. The van der Waals surface area contributed by atoms with Gasteiger partial charge in [0, 0.05) is 49.1 Å². The number of anilines is 1. The molecule has 2 aliphatic rings. The molecule has 5 rings (SSSR count). The molecule has 0 spiro atoms. The van der Waals surface area contributed by atoms with Crippen molar-refractivity contribution in [2.24, 2.45) is 5.92 Å². The second kappa shape index (κ2) is 10.7. The maximum absolute atomic E-state index is 12.3. The van der Waals surface area contributed by atoms with Gasteiger partial charge in [0.15, 0.2) is 0 Å². The largest absolute Gasteiger partial charge is 0.573 e. The van der Waals surface area contributed by atoms with Crippen molar-refractivity contribution in [2.45, 2.75) is 31.9 Å². The third-order valence-corrected chi connectivity index (χ3v) is 6.31. The molecule has 1 atom stereocenters. The van der Waals surface area contributed by atoms with Crippen LogP contribution in [0.2, 0.25) is 0 Å². The number of imidazole rings is 1. The van der Waals surface area contributed by atoms with Crippen molar-refractivity contribution in [2.75, 3.05) is 31.2 Å². The van der Waals surface area contributed by atoms with Crippen molar-refractivity contribution in [3.8, 4) is 23.3 Å². The van der Waals surface area contributed by atoms with Gasteiger partial charge < -0.3 is 34.0 Å². The van der Waals surface area contributed by atoms with Crippen molar-refractivity contribution < 1.29 is 37.0 Å². The number of hydrogen-bond donors (Lipinski definition) is 0. The Morgan fingerprint density at radius 1 is 1.03 bits per heavy atom. The molecule has 0 radical (unpaired) electrons. The molecule has 3 aromatic rings. The predicted molar refractivity (Wildman–Crippen MR) is 129 cm³/mol. The van der Waals surface area contributed by atoms with Crippen molar-refractivity contribution >= 4 is 11.5 Å². The molecule has 10 nitrogen and oxygen atoms in total. The van der Waals surface area contributed by atoms with E-state index >= 15 is 0 Å². The Bertz CT molecular complexity index is 1240. The van der Waals surface area contributed by atoms with Gasteiger partial charge in [0.2, 0.25) is 0 Å². The Labute approximate surface area is 215 Å². The summed E-state index contributed by atoms with van der Waals surface area (Å²) in [4.78, 5) is 16.4. The first-order valence-electron chi connectivity index (χ1n) is 12.1. The number of piperidine rings is 1. The van der Waals surface area contributed by atoms with Gasteiger partial charge in [0.25, 0.3) is 0 Å². The van der Waals surface area contributed by atoms with Crippen molar-refractivity contribution in [1.29, 1.82) is 0 Å². The highest BCUT2D eigenvalue weighted by atomic mass is 19.4. The van der Waals surface area contributed by atoms with Gasteiger partial charge in [-0.2, -0.15) is 0 Å². The molecule has 0 N–H and O–H groups in total. The number of aromatic nitrogens is 2. The van der Waals surface area contributed by atoms with E-state index in [1.807, 2.05) is 24.3 Å². The van der Waals surface area contributed by atoms with E-state index < -0.39 is 11.3 Å². The van der Waals surface area contributed by atoms with Crippen LogP contribution in [-0.2, 0) is 6.54 Å². The Kier molecular flexibility index (Phi) is 7.16. The lowest BCUT2D eigenvalue weighted by atomic mass is 10.1. The monoisotopic (exact) mass is 534 g/mol. The molecule has 13 heteroatoms. The van der Waals surface area contributed by atoms with Crippen LogP contribution in [0.25, 0.3) is 0 Å². The van der Waals surface area contributed by atoms with E-state index in [9.17, 15) is 23.3 Å². The fourth-order valence-corrected chi connectivity index (χ4v) is 4.46. The van der Waals surface area contributed by atoms with E-state index in [1.54, 1.807) is 4.57 Å². The van der Waals surface area contributed by atoms with Crippen LogP contribution in [0, 0.1) is 16.0 Å². The third kappa shape index (κ3) is 6.39. The number of nitrogens with zero attached hydrogens (tertiary/aromatic N) is 4. The highest BCUT2D eigenvalue weighted by Gasteiger charge is 2.31. The molecule has 0 saturated carbocycles. The molecule has 202 valence electrons. The van der Waals surface area contributed by atoms with Crippen LogP contribution in [0.4, 0.5) is 24.7 Å². The molecule has 2 aliphatic heterocycles. The molecule has 0 amide bonds. The Balaban J connectivity index is 1.06. The number of benzene rings is 2. The molecule has 0 aliphatic carbocycles. The van der Waals surface area contributed by atoms with Crippen molar-refractivity contribution in [3.05, 3.63) is 64.8 Å². The number of fused-ring (bicyclic) bond motifs is 1. The van der Waals surface area contributed by atoms with E-state index in [1.165, 1.54) is 30.5 Å². The normalized spacial score (nSPS) is 17.9. The van der Waals surface area contributed by atoms with Gasteiger partial charge in [-0.3, -0.25) is 4.57 Å². The molecular formula is C25H25F3N4O6. The topological polar surface area (TPSA) is 101 Å². The van der Waals surface area contributed by atoms with Gasteiger partial charge in [-0.15, -0.1) is 13.2 Å². The van der Waals surface area contributed by atoms with Crippen LogP contribution in [0.15, 0.2) is 54.7 Å². The third-order valence-electron chi connectivity index (χ3n) is 6.31. The zero-order chi connectivity index (χ0) is 26.7. The number of halogens is 3. The first-order valence-corrected chi connectivity index (χ1v) is 12.1. The first-order chi connectivity index (χ1) is 18.2. The minimum absolute atomic E-state index is 0.0293. The first kappa shape index (κ1) is 25.5. The average Bonchev–Trinajstić information content (AvgIpc) is 3.33. The van der Waals surface area contributed by atoms with E-state index in [0.717, 1.165) is 31.6 Å². The molecule has 3 heterocycles. The maximum atomic E-state index is 12.3. The van der Waals surface area contributed by atoms with Crippen molar-refractivity contribution in [3.63, 3.8) is 0 Å². The van der Waals surface area contributed by atoms with Gasteiger partial charge in [0.05, 0.1) is 6.61 Å². The minimum Gasteiger partial charge on any atom is -0.493 e. The van der Waals surface area contributed by atoms with Gasteiger partial charge >= 0.3 is 18.2 Å². The summed E-state index contributed by atoms with van der Waals surface area (Å²) in [7, 11) is 0. The Morgan fingerprint density at radius 2 is 1.68 bits per heavy atom. The summed E-state index contributed by atoms with van der Waals surface area (Å²) in [5.74, 6) is 0.736. The summed E-state index contributed by atoms with van der Waals surface area (Å²) in [5.41, 5.74) is 1.06. The highest BCUT2D eigenvalue weighted by Crippen LogP contribution is 2.29. The molecule has 1 aromatic heterocycles. The second-order valence-electron chi connectivity index (χ2n) is 9.10. The molecule has 1 saturated heterocycles. The molecule has 38 heavy (non-hydrogen) atoms. The van der Waals surface area contributed by atoms with Crippen LogP contribution in [-0.4, -0.2) is 53.2 Å². The van der Waals surface area contributed by atoms with E-state index in [4.69, 9.17) is 14.2 Å². The van der Waals surface area contributed by atoms with Crippen LogP contribution >= 0.6 is 0 Å². The van der Waals surface area contributed by atoms with Crippen LogP contribution in [0.5, 0.6) is 23.3 Å².